The van der Waals surface area contributed by atoms with E-state index < -0.39 is 0 Å². The maximum absolute atomic E-state index is 5.94. The molecular weight excluding hydrogens is 236 g/mol. The summed E-state index contributed by atoms with van der Waals surface area (Å²) in [5.74, 6) is 1.80. The molecule has 112 valence electrons. The predicted molar refractivity (Wildman–Crippen MR) is 79.1 cm³/mol. The molecule has 0 spiro atoms. The molecule has 0 bridgehead atoms. The molecule has 2 nitrogen and oxygen atoms in total. The van der Waals surface area contributed by atoms with Crippen LogP contribution in [-0.2, 0) is 9.47 Å². The summed E-state index contributed by atoms with van der Waals surface area (Å²) in [5, 5.41) is 0. The normalized spacial score (nSPS) is 40.3. The molecule has 1 heterocycles. The van der Waals surface area contributed by atoms with Gasteiger partial charge in [-0.25, -0.2) is 0 Å². The molecule has 2 aliphatic rings. The van der Waals surface area contributed by atoms with E-state index in [1.807, 2.05) is 0 Å². The maximum Gasteiger partial charge on any atom is 0.157 e. The molecule has 1 aliphatic heterocycles. The zero-order valence-electron chi connectivity index (χ0n) is 13.1. The van der Waals surface area contributed by atoms with Gasteiger partial charge in [-0.3, -0.25) is 0 Å². The molecule has 0 atom stereocenters. The van der Waals surface area contributed by atoms with E-state index >= 15 is 0 Å². The van der Waals surface area contributed by atoms with Gasteiger partial charge < -0.3 is 9.47 Å². The average Bonchev–Trinajstić information content (AvgIpc) is 2.43. The molecule has 2 heteroatoms. The second kappa shape index (κ2) is 7.08. The van der Waals surface area contributed by atoms with Gasteiger partial charge in [-0.15, -0.1) is 0 Å². The van der Waals surface area contributed by atoms with E-state index in [0.717, 1.165) is 37.9 Å². The Kier molecular flexibility index (Phi) is 5.70. The second-order valence-electron chi connectivity index (χ2n) is 7.00. The van der Waals surface area contributed by atoms with E-state index in [1.165, 1.54) is 38.5 Å². The third-order valence-electron chi connectivity index (χ3n) is 5.25. The minimum absolute atomic E-state index is 0.0644. The van der Waals surface area contributed by atoms with Gasteiger partial charge in [0.1, 0.15) is 0 Å². The minimum Gasteiger partial charge on any atom is -0.352 e. The summed E-state index contributed by atoms with van der Waals surface area (Å²) in [6.07, 6.45) is 10.6. The first-order chi connectivity index (χ1) is 9.18. The largest absolute Gasteiger partial charge is 0.352 e. The predicted octanol–water partition coefficient (Wildman–Crippen LogP) is 4.77. The Morgan fingerprint density at radius 3 is 2.00 bits per heavy atom. The molecule has 2 fully saturated rings. The molecule has 19 heavy (non-hydrogen) atoms. The van der Waals surface area contributed by atoms with E-state index in [2.05, 4.69) is 20.8 Å². The van der Waals surface area contributed by atoms with E-state index in [4.69, 9.17) is 9.47 Å². The van der Waals surface area contributed by atoms with Crippen molar-refractivity contribution < 1.29 is 9.47 Å². The Hall–Kier alpha value is -0.0800. The lowest BCUT2D eigenvalue weighted by Gasteiger charge is -2.45. The van der Waals surface area contributed by atoms with Crippen LogP contribution in [0.15, 0.2) is 0 Å². The lowest BCUT2D eigenvalue weighted by atomic mass is 9.67. The first kappa shape index (κ1) is 15.3. The van der Waals surface area contributed by atoms with Gasteiger partial charge in [0.15, 0.2) is 6.29 Å². The second-order valence-corrected chi connectivity index (χ2v) is 7.00. The zero-order chi connectivity index (χ0) is 13.7. The van der Waals surface area contributed by atoms with Gasteiger partial charge in [0.2, 0.25) is 0 Å². The minimum atomic E-state index is 0.0644. The lowest BCUT2D eigenvalue weighted by molar-refractivity contribution is -0.241. The molecule has 1 saturated heterocycles. The summed E-state index contributed by atoms with van der Waals surface area (Å²) < 4.78 is 11.9. The highest BCUT2D eigenvalue weighted by molar-refractivity contribution is 4.88. The topological polar surface area (TPSA) is 18.5 Å². The van der Waals surface area contributed by atoms with Crippen molar-refractivity contribution in [3.05, 3.63) is 0 Å². The fourth-order valence-electron chi connectivity index (χ4n) is 3.85. The highest BCUT2D eigenvalue weighted by atomic mass is 16.7. The molecular formula is C17H32O2. The van der Waals surface area contributed by atoms with Crippen molar-refractivity contribution in [2.75, 3.05) is 13.2 Å². The van der Waals surface area contributed by atoms with Crippen LogP contribution in [0.4, 0.5) is 0 Å². The molecule has 1 aliphatic carbocycles. The van der Waals surface area contributed by atoms with E-state index in [9.17, 15) is 0 Å². The number of hydrogen-bond donors (Lipinski definition) is 0. The van der Waals surface area contributed by atoms with Crippen molar-refractivity contribution in [3.8, 4) is 0 Å². The third kappa shape index (κ3) is 3.95. The smallest absolute Gasteiger partial charge is 0.157 e. The Morgan fingerprint density at radius 1 is 0.895 bits per heavy atom. The van der Waals surface area contributed by atoms with Crippen LogP contribution >= 0.6 is 0 Å². The molecule has 0 radical (unpaired) electrons. The quantitative estimate of drug-likeness (QED) is 0.715. The van der Waals surface area contributed by atoms with Crippen molar-refractivity contribution in [2.45, 2.75) is 78.4 Å². The number of ether oxygens (including phenoxy) is 2. The van der Waals surface area contributed by atoms with Crippen molar-refractivity contribution in [1.29, 1.82) is 0 Å². The highest BCUT2D eigenvalue weighted by Crippen LogP contribution is 2.43. The van der Waals surface area contributed by atoms with Crippen molar-refractivity contribution >= 4 is 0 Å². The fourth-order valence-corrected chi connectivity index (χ4v) is 3.85. The standard InChI is InChI=1S/C17H32O2/c1-4-6-14-8-10-15(11-9-14)17(3)12-18-16(7-5-2)19-13-17/h14-16H,4-13H2,1-3H3. The van der Waals surface area contributed by atoms with Gasteiger partial charge in [-0.2, -0.15) is 0 Å². The van der Waals surface area contributed by atoms with Gasteiger partial charge >= 0.3 is 0 Å². The Balaban J connectivity index is 1.79. The van der Waals surface area contributed by atoms with Crippen LogP contribution in [-0.4, -0.2) is 19.5 Å². The van der Waals surface area contributed by atoms with Crippen LogP contribution in [0.3, 0.4) is 0 Å². The van der Waals surface area contributed by atoms with Gasteiger partial charge in [0, 0.05) is 5.41 Å². The maximum atomic E-state index is 5.94. The van der Waals surface area contributed by atoms with Gasteiger partial charge in [-0.1, -0.05) is 52.9 Å². The van der Waals surface area contributed by atoms with Crippen molar-refractivity contribution in [3.63, 3.8) is 0 Å². The summed E-state index contributed by atoms with van der Waals surface area (Å²) in [5.41, 5.74) is 0.265. The molecule has 0 unspecified atom stereocenters. The van der Waals surface area contributed by atoms with Crippen molar-refractivity contribution in [1.82, 2.24) is 0 Å². The molecule has 0 aromatic heterocycles. The summed E-state index contributed by atoms with van der Waals surface area (Å²) in [6.45, 7) is 8.68. The first-order valence-corrected chi connectivity index (χ1v) is 8.41. The summed E-state index contributed by atoms with van der Waals surface area (Å²) >= 11 is 0. The number of hydrogen-bond acceptors (Lipinski definition) is 2. The molecule has 0 amide bonds. The SMILES string of the molecule is CCCC1CCC(C2(C)COC(CCC)OC2)CC1. The molecule has 0 aromatic rings. The van der Waals surface area contributed by atoms with Crippen LogP contribution < -0.4 is 0 Å². The average molecular weight is 268 g/mol. The van der Waals surface area contributed by atoms with E-state index in [0.29, 0.717) is 0 Å². The van der Waals surface area contributed by atoms with E-state index in [1.54, 1.807) is 0 Å². The van der Waals surface area contributed by atoms with Crippen LogP contribution in [0, 0.1) is 17.3 Å². The number of rotatable bonds is 5. The summed E-state index contributed by atoms with van der Waals surface area (Å²) in [7, 11) is 0. The van der Waals surface area contributed by atoms with Crippen LogP contribution in [0.5, 0.6) is 0 Å². The molecule has 1 saturated carbocycles. The van der Waals surface area contributed by atoms with E-state index in [-0.39, 0.29) is 11.7 Å². The van der Waals surface area contributed by atoms with Crippen molar-refractivity contribution in [2.24, 2.45) is 17.3 Å². The molecule has 2 rings (SSSR count). The lowest BCUT2D eigenvalue weighted by Crippen LogP contribution is -2.45. The van der Waals surface area contributed by atoms with Crippen LogP contribution in [0.25, 0.3) is 0 Å². The third-order valence-corrected chi connectivity index (χ3v) is 5.25. The highest BCUT2D eigenvalue weighted by Gasteiger charge is 2.40. The monoisotopic (exact) mass is 268 g/mol. The van der Waals surface area contributed by atoms with Crippen LogP contribution in [0.1, 0.15) is 72.1 Å². The fraction of sp³-hybridized carbons (Fsp3) is 1.00. The van der Waals surface area contributed by atoms with Gasteiger partial charge in [-0.05, 0) is 31.1 Å². The Bertz CT molecular complexity index is 248. The van der Waals surface area contributed by atoms with Gasteiger partial charge in [0.25, 0.3) is 0 Å². The molecule has 0 aromatic carbocycles. The Morgan fingerprint density at radius 2 is 1.47 bits per heavy atom. The first-order valence-electron chi connectivity index (χ1n) is 8.41. The zero-order valence-corrected chi connectivity index (χ0v) is 13.1. The Labute approximate surface area is 119 Å². The van der Waals surface area contributed by atoms with Gasteiger partial charge in [0.05, 0.1) is 13.2 Å². The molecule has 0 N–H and O–H groups in total. The summed E-state index contributed by atoms with van der Waals surface area (Å²) in [6, 6.07) is 0. The van der Waals surface area contributed by atoms with Crippen LogP contribution in [0.2, 0.25) is 0 Å². The summed E-state index contributed by atoms with van der Waals surface area (Å²) in [4.78, 5) is 0.